The molecule has 0 fully saturated rings. The largest absolute Gasteiger partial charge is 0.375 e. The van der Waals surface area contributed by atoms with Crippen molar-refractivity contribution < 1.29 is 4.74 Å². The zero-order valence-corrected chi connectivity index (χ0v) is 10.2. The maximum absolute atomic E-state index is 5.71. The van der Waals surface area contributed by atoms with Crippen LogP contribution in [0.2, 0.25) is 0 Å². The molecule has 0 saturated carbocycles. The summed E-state index contributed by atoms with van der Waals surface area (Å²) in [4.78, 5) is 2.19. The summed E-state index contributed by atoms with van der Waals surface area (Å²) in [5.41, 5.74) is 6.93. The number of nitrogens with zero attached hydrogens (tertiary/aromatic N) is 1. The van der Waals surface area contributed by atoms with E-state index in [9.17, 15) is 0 Å². The van der Waals surface area contributed by atoms with Crippen LogP contribution in [0.5, 0.6) is 0 Å². The minimum absolute atomic E-state index is 0.221. The average molecular weight is 222 g/mol. The van der Waals surface area contributed by atoms with Crippen molar-refractivity contribution in [2.24, 2.45) is 5.73 Å². The van der Waals surface area contributed by atoms with Crippen LogP contribution in [0.15, 0.2) is 30.3 Å². The van der Waals surface area contributed by atoms with Gasteiger partial charge >= 0.3 is 0 Å². The van der Waals surface area contributed by atoms with Gasteiger partial charge in [-0.25, -0.2) is 0 Å². The smallest absolute Gasteiger partial charge is 0.0717 e. The molecule has 2 N–H and O–H groups in total. The monoisotopic (exact) mass is 222 g/mol. The Morgan fingerprint density at radius 2 is 2.00 bits per heavy atom. The lowest BCUT2D eigenvalue weighted by Crippen LogP contribution is -2.34. The molecule has 0 bridgehead atoms. The van der Waals surface area contributed by atoms with E-state index in [0.29, 0.717) is 6.61 Å². The topological polar surface area (TPSA) is 38.5 Å². The van der Waals surface area contributed by atoms with Crippen molar-refractivity contribution in [3.05, 3.63) is 35.9 Å². The summed E-state index contributed by atoms with van der Waals surface area (Å²) in [5.74, 6) is 0. The van der Waals surface area contributed by atoms with Gasteiger partial charge in [0.2, 0.25) is 0 Å². The number of nitrogens with two attached hydrogens (primary N) is 1. The van der Waals surface area contributed by atoms with Gasteiger partial charge in [0.1, 0.15) is 0 Å². The Labute approximate surface area is 98.2 Å². The zero-order chi connectivity index (χ0) is 11.8. The predicted molar refractivity (Wildman–Crippen MR) is 67.2 cm³/mol. The first-order valence-electron chi connectivity index (χ1n) is 5.74. The lowest BCUT2D eigenvalue weighted by molar-refractivity contribution is 0.0986. The Bertz CT molecular complexity index is 275. The van der Waals surface area contributed by atoms with Crippen molar-refractivity contribution in [2.75, 3.05) is 26.7 Å². The molecule has 0 amide bonds. The highest BCUT2D eigenvalue weighted by molar-refractivity contribution is 5.13. The first-order valence-corrected chi connectivity index (χ1v) is 5.74. The van der Waals surface area contributed by atoms with E-state index in [2.05, 4.69) is 24.1 Å². The molecule has 16 heavy (non-hydrogen) atoms. The molecule has 1 aromatic carbocycles. The van der Waals surface area contributed by atoms with Crippen LogP contribution in [-0.4, -0.2) is 37.7 Å². The Morgan fingerprint density at radius 3 is 2.62 bits per heavy atom. The van der Waals surface area contributed by atoms with Crippen molar-refractivity contribution >= 4 is 0 Å². The Balaban J connectivity index is 2.08. The highest BCUT2D eigenvalue weighted by Crippen LogP contribution is 2.00. The molecule has 0 aliphatic carbocycles. The van der Waals surface area contributed by atoms with Crippen LogP contribution >= 0.6 is 0 Å². The second-order valence-corrected chi connectivity index (χ2v) is 4.28. The average Bonchev–Trinajstić information content (AvgIpc) is 2.25. The minimum atomic E-state index is 0.221. The van der Waals surface area contributed by atoms with Crippen LogP contribution in [0.25, 0.3) is 0 Å². The van der Waals surface area contributed by atoms with Gasteiger partial charge in [0.05, 0.1) is 13.2 Å². The number of rotatable bonds is 7. The van der Waals surface area contributed by atoms with E-state index in [1.165, 1.54) is 5.56 Å². The number of ether oxygens (including phenoxy) is 1. The summed E-state index contributed by atoms with van der Waals surface area (Å²) in [6.45, 7) is 5.29. The molecule has 0 heterocycles. The molecule has 90 valence electrons. The lowest BCUT2D eigenvalue weighted by Gasteiger charge is -2.18. The maximum atomic E-state index is 5.71. The first-order chi connectivity index (χ1) is 7.68. The van der Waals surface area contributed by atoms with E-state index in [-0.39, 0.29) is 6.04 Å². The molecule has 0 radical (unpaired) electrons. The van der Waals surface area contributed by atoms with E-state index in [1.54, 1.807) is 0 Å². The molecule has 0 unspecified atom stereocenters. The minimum Gasteiger partial charge on any atom is -0.375 e. The third-order valence-corrected chi connectivity index (χ3v) is 2.33. The molecule has 0 saturated heterocycles. The quantitative estimate of drug-likeness (QED) is 0.710. The summed E-state index contributed by atoms with van der Waals surface area (Å²) in [6, 6.07) is 10.4. The standard InChI is InChI=1S/C13H22N2O/c1-12(14)10-15(2)8-9-16-11-13-6-4-3-5-7-13/h3-7,12H,8-11,14H2,1-2H3/t12-/m1/s1. The second kappa shape index (κ2) is 7.39. The molecule has 1 rings (SSSR count). The van der Waals surface area contributed by atoms with Crippen molar-refractivity contribution in [3.63, 3.8) is 0 Å². The predicted octanol–water partition coefficient (Wildman–Crippen LogP) is 1.48. The van der Waals surface area contributed by atoms with Gasteiger partial charge < -0.3 is 15.4 Å². The van der Waals surface area contributed by atoms with E-state index in [4.69, 9.17) is 10.5 Å². The summed E-state index contributed by atoms with van der Waals surface area (Å²) in [5, 5.41) is 0. The van der Waals surface area contributed by atoms with E-state index < -0.39 is 0 Å². The van der Waals surface area contributed by atoms with Gasteiger partial charge in [-0.1, -0.05) is 30.3 Å². The van der Waals surface area contributed by atoms with E-state index in [1.807, 2.05) is 25.1 Å². The Morgan fingerprint density at radius 1 is 1.31 bits per heavy atom. The van der Waals surface area contributed by atoms with E-state index in [0.717, 1.165) is 19.7 Å². The van der Waals surface area contributed by atoms with Gasteiger partial charge in [-0.2, -0.15) is 0 Å². The lowest BCUT2D eigenvalue weighted by atomic mass is 10.2. The van der Waals surface area contributed by atoms with Crippen molar-refractivity contribution in [2.45, 2.75) is 19.6 Å². The summed E-state index contributed by atoms with van der Waals surface area (Å²) < 4.78 is 5.59. The molecular formula is C13H22N2O. The first kappa shape index (κ1) is 13.2. The molecule has 0 aliphatic heterocycles. The third kappa shape index (κ3) is 5.85. The summed E-state index contributed by atoms with van der Waals surface area (Å²) in [7, 11) is 2.06. The van der Waals surface area contributed by atoms with E-state index >= 15 is 0 Å². The molecule has 0 aliphatic rings. The van der Waals surface area contributed by atoms with Crippen LogP contribution in [0, 0.1) is 0 Å². The molecule has 3 heteroatoms. The summed E-state index contributed by atoms with van der Waals surface area (Å²) >= 11 is 0. The highest BCUT2D eigenvalue weighted by Gasteiger charge is 2.01. The molecule has 3 nitrogen and oxygen atoms in total. The van der Waals surface area contributed by atoms with Crippen LogP contribution in [0.3, 0.4) is 0 Å². The van der Waals surface area contributed by atoms with Crippen molar-refractivity contribution in [1.29, 1.82) is 0 Å². The van der Waals surface area contributed by atoms with Crippen LogP contribution in [0.4, 0.5) is 0 Å². The Kier molecular flexibility index (Phi) is 6.08. The normalized spacial score (nSPS) is 13.0. The van der Waals surface area contributed by atoms with Crippen LogP contribution in [-0.2, 0) is 11.3 Å². The molecule has 1 aromatic rings. The van der Waals surface area contributed by atoms with Crippen LogP contribution in [0.1, 0.15) is 12.5 Å². The third-order valence-electron chi connectivity index (χ3n) is 2.33. The van der Waals surface area contributed by atoms with Gasteiger partial charge in [0.15, 0.2) is 0 Å². The zero-order valence-electron chi connectivity index (χ0n) is 10.2. The fraction of sp³-hybridized carbons (Fsp3) is 0.538. The maximum Gasteiger partial charge on any atom is 0.0717 e. The van der Waals surface area contributed by atoms with Gasteiger partial charge in [-0.15, -0.1) is 0 Å². The van der Waals surface area contributed by atoms with Crippen molar-refractivity contribution in [3.8, 4) is 0 Å². The molecule has 1 atom stereocenters. The second-order valence-electron chi connectivity index (χ2n) is 4.28. The molecule has 0 aromatic heterocycles. The number of hydrogen-bond acceptors (Lipinski definition) is 3. The van der Waals surface area contributed by atoms with Gasteiger partial charge in [0.25, 0.3) is 0 Å². The SMILES string of the molecule is C[C@@H](N)CN(C)CCOCc1ccccc1. The fourth-order valence-corrected chi connectivity index (χ4v) is 1.57. The highest BCUT2D eigenvalue weighted by atomic mass is 16.5. The fourth-order valence-electron chi connectivity index (χ4n) is 1.57. The molecular weight excluding hydrogens is 200 g/mol. The van der Waals surface area contributed by atoms with Gasteiger partial charge in [-0.05, 0) is 19.5 Å². The summed E-state index contributed by atoms with van der Waals surface area (Å²) in [6.07, 6.45) is 0. The molecule has 0 spiro atoms. The number of benzene rings is 1. The number of hydrogen-bond donors (Lipinski definition) is 1. The van der Waals surface area contributed by atoms with Gasteiger partial charge in [-0.3, -0.25) is 0 Å². The van der Waals surface area contributed by atoms with Crippen LogP contribution < -0.4 is 5.73 Å². The van der Waals surface area contributed by atoms with Crippen molar-refractivity contribution in [1.82, 2.24) is 4.90 Å². The Hall–Kier alpha value is -0.900. The number of likely N-dealkylation sites (N-methyl/N-ethyl adjacent to an activating group) is 1. The van der Waals surface area contributed by atoms with Gasteiger partial charge in [0, 0.05) is 19.1 Å².